The zero-order chi connectivity index (χ0) is 21.0. The molecule has 0 radical (unpaired) electrons. The molecule has 0 spiro atoms. The zero-order valence-corrected chi connectivity index (χ0v) is 17.1. The van der Waals surface area contributed by atoms with Crippen LogP contribution in [0.25, 0.3) is 0 Å². The Bertz CT molecular complexity index is 889. The molecule has 1 unspecified atom stereocenters. The number of rotatable bonds is 7. The van der Waals surface area contributed by atoms with Gasteiger partial charge in [-0.1, -0.05) is 29.8 Å². The van der Waals surface area contributed by atoms with Gasteiger partial charge in [0.2, 0.25) is 5.91 Å². The van der Waals surface area contributed by atoms with Crippen LogP contribution in [-0.4, -0.2) is 58.4 Å². The van der Waals surface area contributed by atoms with Crippen molar-refractivity contribution in [3.8, 4) is 0 Å². The van der Waals surface area contributed by atoms with Crippen LogP contribution in [0.3, 0.4) is 0 Å². The topological polar surface area (TPSA) is 103 Å². The molecule has 1 saturated heterocycles. The number of nitrogens with zero attached hydrogens (tertiary/aromatic N) is 4. The lowest BCUT2D eigenvalue weighted by Crippen LogP contribution is -2.44. The highest BCUT2D eigenvalue weighted by Gasteiger charge is 2.25. The van der Waals surface area contributed by atoms with Gasteiger partial charge in [0.1, 0.15) is 17.9 Å². The van der Waals surface area contributed by atoms with Crippen molar-refractivity contribution in [3.63, 3.8) is 0 Å². The van der Waals surface area contributed by atoms with E-state index in [1.165, 1.54) is 10.2 Å². The third-order valence-electron chi connectivity index (χ3n) is 5.23. The van der Waals surface area contributed by atoms with E-state index in [2.05, 4.69) is 27.4 Å². The Kier molecular flexibility index (Phi) is 6.60. The first-order valence-electron chi connectivity index (χ1n) is 9.70. The number of hydrogen-bond acceptors (Lipinski definition) is 6. The highest BCUT2D eigenvalue weighted by atomic mass is 16.6. The first-order chi connectivity index (χ1) is 13.9. The number of morpholine rings is 1. The summed E-state index contributed by atoms with van der Waals surface area (Å²) in [6.45, 7) is 8.58. The highest BCUT2D eigenvalue weighted by molar-refractivity contribution is 5.76. The number of nitro groups is 1. The summed E-state index contributed by atoms with van der Waals surface area (Å²) in [6, 6.07) is 8.32. The van der Waals surface area contributed by atoms with E-state index in [-0.39, 0.29) is 24.2 Å². The van der Waals surface area contributed by atoms with Crippen molar-refractivity contribution in [2.24, 2.45) is 0 Å². The van der Waals surface area contributed by atoms with Gasteiger partial charge in [-0.25, -0.2) is 0 Å². The van der Waals surface area contributed by atoms with E-state index < -0.39 is 4.92 Å². The SMILES string of the molecule is Cc1cccc(C(CNC(=O)Cn2nc(C)c([N+](=O)[O-])c2C)N2CCOCC2)c1. The van der Waals surface area contributed by atoms with Crippen LogP contribution in [0, 0.1) is 30.9 Å². The third-order valence-corrected chi connectivity index (χ3v) is 5.23. The molecule has 0 saturated carbocycles. The summed E-state index contributed by atoms with van der Waals surface area (Å²) in [4.78, 5) is 25.6. The van der Waals surface area contributed by atoms with Gasteiger partial charge in [0.15, 0.2) is 0 Å². The Morgan fingerprint density at radius 2 is 2.03 bits per heavy atom. The summed E-state index contributed by atoms with van der Waals surface area (Å²) in [7, 11) is 0. The Balaban J connectivity index is 1.70. The van der Waals surface area contributed by atoms with Gasteiger partial charge >= 0.3 is 5.69 Å². The van der Waals surface area contributed by atoms with Crippen LogP contribution in [0.4, 0.5) is 5.69 Å². The van der Waals surface area contributed by atoms with Crippen molar-refractivity contribution in [1.29, 1.82) is 0 Å². The van der Waals surface area contributed by atoms with E-state index in [4.69, 9.17) is 4.74 Å². The molecule has 1 atom stereocenters. The number of aromatic nitrogens is 2. The summed E-state index contributed by atoms with van der Waals surface area (Å²) in [5.41, 5.74) is 2.97. The number of benzene rings is 1. The van der Waals surface area contributed by atoms with Crippen molar-refractivity contribution in [2.75, 3.05) is 32.8 Å². The van der Waals surface area contributed by atoms with Crippen LogP contribution in [0.5, 0.6) is 0 Å². The molecule has 0 bridgehead atoms. The standard InChI is InChI=1S/C20H27N5O4/c1-14-5-4-6-17(11-14)18(23-7-9-29-10-8-23)12-21-19(26)13-24-16(3)20(25(27)28)15(2)22-24/h4-6,11,18H,7-10,12-13H2,1-3H3,(H,21,26). The van der Waals surface area contributed by atoms with Gasteiger partial charge in [-0.3, -0.25) is 24.5 Å². The van der Waals surface area contributed by atoms with Gasteiger partial charge < -0.3 is 10.1 Å². The quantitative estimate of drug-likeness (QED) is 0.562. The van der Waals surface area contributed by atoms with Crippen LogP contribution in [0.1, 0.15) is 28.6 Å². The van der Waals surface area contributed by atoms with Crippen LogP contribution < -0.4 is 5.32 Å². The molecule has 2 heterocycles. The average Bonchev–Trinajstić information content (AvgIpc) is 2.96. The second-order valence-corrected chi connectivity index (χ2v) is 7.32. The predicted octanol–water partition coefficient (Wildman–Crippen LogP) is 1.91. The van der Waals surface area contributed by atoms with Crippen molar-refractivity contribution in [3.05, 3.63) is 56.9 Å². The normalized spacial score (nSPS) is 15.8. The molecule has 1 N–H and O–H groups in total. The molecular formula is C20H27N5O4. The summed E-state index contributed by atoms with van der Waals surface area (Å²) in [6.07, 6.45) is 0. The summed E-state index contributed by atoms with van der Waals surface area (Å²) in [5.74, 6) is -0.226. The summed E-state index contributed by atoms with van der Waals surface area (Å²) >= 11 is 0. The van der Waals surface area contributed by atoms with E-state index in [0.29, 0.717) is 31.1 Å². The van der Waals surface area contributed by atoms with Crippen LogP contribution in [-0.2, 0) is 16.1 Å². The number of carbonyl (C=O) groups excluding carboxylic acids is 1. The van der Waals surface area contributed by atoms with Gasteiger partial charge in [-0.2, -0.15) is 5.10 Å². The fraction of sp³-hybridized carbons (Fsp3) is 0.500. The van der Waals surface area contributed by atoms with E-state index in [1.54, 1.807) is 13.8 Å². The lowest BCUT2D eigenvalue weighted by molar-refractivity contribution is -0.386. The molecule has 1 aliphatic rings. The molecule has 2 aromatic rings. The monoisotopic (exact) mass is 401 g/mol. The third kappa shape index (κ3) is 4.99. The molecule has 1 aliphatic heterocycles. The fourth-order valence-corrected chi connectivity index (χ4v) is 3.73. The second-order valence-electron chi connectivity index (χ2n) is 7.32. The molecule has 9 nitrogen and oxygen atoms in total. The molecule has 1 aromatic carbocycles. The lowest BCUT2D eigenvalue weighted by atomic mass is 10.0. The average molecular weight is 401 g/mol. The minimum Gasteiger partial charge on any atom is -0.379 e. The van der Waals surface area contributed by atoms with E-state index in [0.717, 1.165) is 18.7 Å². The van der Waals surface area contributed by atoms with Crippen LogP contribution in [0.2, 0.25) is 0 Å². The molecule has 9 heteroatoms. The molecule has 3 rings (SSSR count). The predicted molar refractivity (Wildman–Crippen MR) is 108 cm³/mol. The molecule has 1 fully saturated rings. The maximum absolute atomic E-state index is 12.6. The maximum atomic E-state index is 12.6. The zero-order valence-electron chi connectivity index (χ0n) is 17.1. The van der Waals surface area contributed by atoms with Crippen molar-refractivity contribution in [2.45, 2.75) is 33.4 Å². The molecule has 1 amide bonds. The molecule has 0 aliphatic carbocycles. The van der Waals surface area contributed by atoms with Gasteiger partial charge in [0, 0.05) is 19.6 Å². The lowest BCUT2D eigenvalue weighted by Gasteiger charge is -2.35. The molecule has 29 heavy (non-hydrogen) atoms. The number of ether oxygens (including phenoxy) is 1. The Hall–Kier alpha value is -2.78. The van der Waals surface area contributed by atoms with Crippen molar-refractivity contribution < 1.29 is 14.5 Å². The van der Waals surface area contributed by atoms with Crippen molar-refractivity contribution in [1.82, 2.24) is 20.0 Å². The van der Waals surface area contributed by atoms with E-state index in [1.807, 2.05) is 19.1 Å². The minimum absolute atomic E-state index is 0.0382. The van der Waals surface area contributed by atoms with Gasteiger partial charge in [-0.15, -0.1) is 0 Å². The number of nitrogens with one attached hydrogen (secondary N) is 1. The van der Waals surface area contributed by atoms with Gasteiger partial charge in [0.25, 0.3) is 0 Å². The number of hydrogen-bond donors (Lipinski definition) is 1. The Morgan fingerprint density at radius 3 is 2.66 bits per heavy atom. The number of carbonyl (C=O) groups is 1. The highest BCUT2D eigenvalue weighted by Crippen LogP contribution is 2.23. The minimum atomic E-state index is -0.460. The van der Waals surface area contributed by atoms with E-state index in [9.17, 15) is 14.9 Å². The second kappa shape index (κ2) is 9.15. The Labute approximate surface area is 169 Å². The summed E-state index contributed by atoms with van der Waals surface area (Å²) in [5, 5.41) is 18.3. The molecule has 156 valence electrons. The van der Waals surface area contributed by atoms with Crippen LogP contribution in [0.15, 0.2) is 24.3 Å². The number of aryl methyl sites for hydroxylation is 2. The first kappa shape index (κ1) is 20.9. The van der Waals surface area contributed by atoms with Gasteiger partial charge in [-0.05, 0) is 26.3 Å². The van der Waals surface area contributed by atoms with E-state index >= 15 is 0 Å². The maximum Gasteiger partial charge on any atom is 0.312 e. The molecular weight excluding hydrogens is 374 g/mol. The largest absolute Gasteiger partial charge is 0.379 e. The smallest absolute Gasteiger partial charge is 0.312 e. The van der Waals surface area contributed by atoms with Crippen molar-refractivity contribution >= 4 is 11.6 Å². The Morgan fingerprint density at radius 1 is 1.31 bits per heavy atom. The molecule has 1 aromatic heterocycles. The number of amides is 1. The van der Waals surface area contributed by atoms with Crippen LogP contribution >= 0.6 is 0 Å². The first-order valence-corrected chi connectivity index (χ1v) is 9.70. The fourth-order valence-electron chi connectivity index (χ4n) is 3.73. The van der Waals surface area contributed by atoms with Gasteiger partial charge in [0.05, 0.1) is 24.2 Å². The summed E-state index contributed by atoms with van der Waals surface area (Å²) < 4.78 is 6.85.